The molecule has 4 rings (SSSR count). The summed E-state index contributed by atoms with van der Waals surface area (Å²) >= 11 is 0. The highest BCUT2D eigenvalue weighted by Crippen LogP contribution is 2.59. The van der Waals surface area contributed by atoms with Gasteiger partial charge in [0.05, 0.1) is 11.7 Å². The normalized spacial score (nSPS) is 42.2. The summed E-state index contributed by atoms with van der Waals surface area (Å²) in [7, 11) is 0. The maximum absolute atomic E-state index is 6.52. The van der Waals surface area contributed by atoms with Crippen LogP contribution in [0.3, 0.4) is 0 Å². The first-order valence-corrected chi connectivity index (χ1v) is 7.45. The van der Waals surface area contributed by atoms with Gasteiger partial charge in [0.15, 0.2) is 0 Å². The van der Waals surface area contributed by atoms with Crippen molar-refractivity contribution in [2.24, 2.45) is 11.8 Å². The van der Waals surface area contributed by atoms with E-state index in [9.17, 15) is 0 Å². The Morgan fingerprint density at radius 2 is 1.95 bits per heavy atom. The first-order valence-electron chi connectivity index (χ1n) is 7.45. The molecule has 0 radical (unpaired) electrons. The average molecular weight is 258 g/mol. The summed E-state index contributed by atoms with van der Waals surface area (Å²) in [6.07, 6.45) is 3.82. The first-order chi connectivity index (χ1) is 9.00. The minimum atomic E-state index is -0.0357. The minimum absolute atomic E-state index is 0.00700. The Kier molecular flexibility index (Phi) is 2.20. The van der Waals surface area contributed by atoms with Gasteiger partial charge in [-0.2, -0.15) is 0 Å². The molecule has 0 amide bonds. The standard InChI is InChI=1S/C17H22O2/c1-16(2)11-8-9-17(3)13(10-11)15(19-16)12-6-4-5-7-14(12)18-17/h4-7,11,13,15H,8-10H2,1-3H3/t11-,13-,15-,17+/m0/s1. The number of hydrogen-bond acceptors (Lipinski definition) is 2. The molecule has 2 nitrogen and oxygen atoms in total. The molecule has 1 saturated carbocycles. The molecule has 1 aromatic rings. The number of rotatable bonds is 0. The van der Waals surface area contributed by atoms with E-state index in [1.54, 1.807) is 0 Å². The molecule has 0 unspecified atom stereocenters. The van der Waals surface area contributed by atoms with Gasteiger partial charge in [-0.3, -0.25) is 0 Å². The van der Waals surface area contributed by atoms with E-state index in [2.05, 4.69) is 45.0 Å². The van der Waals surface area contributed by atoms with Gasteiger partial charge in [-0.15, -0.1) is 0 Å². The Bertz CT molecular complexity index is 522. The third-order valence-corrected chi connectivity index (χ3v) is 5.66. The van der Waals surface area contributed by atoms with Gasteiger partial charge in [-0.05, 0) is 52.0 Å². The van der Waals surface area contributed by atoms with Crippen LogP contribution in [0.5, 0.6) is 5.75 Å². The Morgan fingerprint density at radius 3 is 2.79 bits per heavy atom. The second-order valence-electron chi connectivity index (χ2n) is 7.17. The first kappa shape index (κ1) is 11.8. The van der Waals surface area contributed by atoms with Crippen molar-refractivity contribution in [1.29, 1.82) is 0 Å². The predicted octanol–water partition coefficient (Wildman–Crippen LogP) is 4.10. The van der Waals surface area contributed by atoms with Crippen molar-refractivity contribution in [2.75, 3.05) is 0 Å². The van der Waals surface area contributed by atoms with E-state index in [0.717, 1.165) is 12.2 Å². The zero-order valence-corrected chi connectivity index (χ0v) is 12.0. The van der Waals surface area contributed by atoms with Crippen molar-refractivity contribution in [3.63, 3.8) is 0 Å². The van der Waals surface area contributed by atoms with Crippen molar-refractivity contribution >= 4 is 0 Å². The molecule has 0 N–H and O–H groups in total. The monoisotopic (exact) mass is 258 g/mol. The fourth-order valence-corrected chi connectivity index (χ4v) is 4.37. The van der Waals surface area contributed by atoms with Crippen LogP contribution >= 0.6 is 0 Å². The van der Waals surface area contributed by atoms with Gasteiger partial charge in [0, 0.05) is 11.5 Å². The minimum Gasteiger partial charge on any atom is -0.487 e. The van der Waals surface area contributed by atoms with E-state index < -0.39 is 0 Å². The van der Waals surface area contributed by atoms with Crippen molar-refractivity contribution in [3.8, 4) is 5.75 Å². The molecule has 1 aromatic carbocycles. The van der Waals surface area contributed by atoms with E-state index in [-0.39, 0.29) is 17.3 Å². The topological polar surface area (TPSA) is 18.5 Å². The summed E-state index contributed by atoms with van der Waals surface area (Å²) in [5, 5.41) is 0. The zero-order valence-electron chi connectivity index (χ0n) is 12.0. The van der Waals surface area contributed by atoms with Crippen LogP contribution in [0.15, 0.2) is 24.3 Å². The molecule has 2 aliphatic heterocycles. The van der Waals surface area contributed by atoms with E-state index in [1.165, 1.54) is 18.4 Å². The van der Waals surface area contributed by atoms with Crippen LogP contribution in [-0.2, 0) is 4.74 Å². The summed E-state index contributed by atoms with van der Waals surface area (Å²) in [4.78, 5) is 0. The lowest BCUT2D eigenvalue weighted by Gasteiger charge is -2.58. The number of ether oxygens (including phenoxy) is 2. The quantitative estimate of drug-likeness (QED) is 0.697. The smallest absolute Gasteiger partial charge is 0.125 e. The third kappa shape index (κ3) is 1.53. The number of benzene rings is 1. The number of fused-ring (bicyclic) bond motifs is 3. The highest BCUT2D eigenvalue weighted by atomic mass is 16.5. The summed E-state index contributed by atoms with van der Waals surface area (Å²) in [6, 6.07) is 8.41. The van der Waals surface area contributed by atoms with Crippen LogP contribution in [0.25, 0.3) is 0 Å². The highest BCUT2D eigenvalue weighted by Gasteiger charge is 2.57. The summed E-state index contributed by atoms with van der Waals surface area (Å²) in [6.45, 7) is 6.79. The van der Waals surface area contributed by atoms with Gasteiger partial charge < -0.3 is 9.47 Å². The molecule has 2 heterocycles. The molecule has 2 bridgehead atoms. The maximum atomic E-state index is 6.52. The molecule has 2 fully saturated rings. The van der Waals surface area contributed by atoms with Crippen molar-refractivity contribution < 1.29 is 9.47 Å². The van der Waals surface area contributed by atoms with Crippen LogP contribution in [-0.4, -0.2) is 11.2 Å². The molecule has 0 aromatic heterocycles. The molecule has 0 spiro atoms. The van der Waals surface area contributed by atoms with Crippen molar-refractivity contribution in [3.05, 3.63) is 29.8 Å². The van der Waals surface area contributed by atoms with Crippen LogP contribution in [0.2, 0.25) is 0 Å². The Morgan fingerprint density at radius 1 is 1.16 bits per heavy atom. The van der Waals surface area contributed by atoms with Crippen LogP contribution in [0, 0.1) is 11.8 Å². The SMILES string of the molecule is CC1(C)O[C@H]2c3ccccc3O[C@]3(C)CC[C@H]1C[C@@H]23. The highest BCUT2D eigenvalue weighted by molar-refractivity contribution is 5.40. The van der Waals surface area contributed by atoms with Crippen LogP contribution < -0.4 is 4.74 Å². The average Bonchev–Trinajstić information content (AvgIpc) is 2.36. The molecule has 1 aliphatic carbocycles. The Hall–Kier alpha value is -1.02. The Labute approximate surface area is 115 Å². The number of para-hydroxylation sites is 1. The van der Waals surface area contributed by atoms with E-state index in [0.29, 0.717) is 11.8 Å². The fraction of sp³-hybridized carbons (Fsp3) is 0.647. The van der Waals surface area contributed by atoms with E-state index in [4.69, 9.17) is 9.47 Å². The van der Waals surface area contributed by atoms with Gasteiger partial charge in [0.1, 0.15) is 11.4 Å². The summed E-state index contributed by atoms with van der Waals surface area (Å²) in [5.74, 6) is 2.22. The van der Waals surface area contributed by atoms with Gasteiger partial charge in [0.25, 0.3) is 0 Å². The van der Waals surface area contributed by atoms with Crippen molar-refractivity contribution in [1.82, 2.24) is 0 Å². The molecular weight excluding hydrogens is 236 g/mol. The predicted molar refractivity (Wildman–Crippen MR) is 74.2 cm³/mol. The lowest BCUT2D eigenvalue weighted by molar-refractivity contribution is -0.237. The largest absolute Gasteiger partial charge is 0.487 e. The number of hydrogen-bond donors (Lipinski definition) is 0. The van der Waals surface area contributed by atoms with E-state index >= 15 is 0 Å². The van der Waals surface area contributed by atoms with Crippen LogP contribution in [0.1, 0.15) is 51.7 Å². The molecular formula is C17H22O2. The second kappa shape index (κ2) is 3.54. The van der Waals surface area contributed by atoms with Crippen LogP contribution in [0.4, 0.5) is 0 Å². The fourth-order valence-electron chi connectivity index (χ4n) is 4.37. The zero-order chi connectivity index (χ0) is 13.3. The van der Waals surface area contributed by atoms with Gasteiger partial charge >= 0.3 is 0 Å². The third-order valence-electron chi connectivity index (χ3n) is 5.66. The second-order valence-corrected chi connectivity index (χ2v) is 7.17. The lowest BCUT2D eigenvalue weighted by Crippen LogP contribution is -2.58. The Balaban J connectivity index is 1.86. The lowest BCUT2D eigenvalue weighted by atomic mass is 9.61. The maximum Gasteiger partial charge on any atom is 0.125 e. The molecule has 4 atom stereocenters. The van der Waals surface area contributed by atoms with Crippen molar-refractivity contribution in [2.45, 2.75) is 57.3 Å². The summed E-state index contributed by atoms with van der Waals surface area (Å²) in [5.41, 5.74) is 1.21. The van der Waals surface area contributed by atoms with E-state index in [1.807, 2.05) is 0 Å². The van der Waals surface area contributed by atoms with Gasteiger partial charge in [-0.25, -0.2) is 0 Å². The van der Waals surface area contributed by atoms with Gasteiger partial charge in [0.2, 0.25) is 0 Å². The van der Waals surface area contributed by atoms with Gasteiger partial charge in [-0.1, -0.05) is 18.2 Å². The molecule has 1 saturated heterocycles. The summed E-state index contributed by atoms with van der Waals surface area (Å²) < 4.78 is 12.9. The molecule has 102 valence electrons. The molecule has 19 heavy (non-hydrogen) atoms. The molecule has 3 aliphatic rings. The molecule has 2 heteroatoms.